The number of hydrogen-bond acceptors (Lipinski definition) is 5. The van der Waals surface area contributed by atoms with Gasteiger partial charge in [-0.3, -0.25) is 14.4 Å². The predicted octanol–water partition coefficient (Wildman–Crippen LogP) is 1.92. The maximum atomic E-state index is 12.9. The number of carbonyl (C=O) groups is 3. The van der Waals surface area contributed by atoms with E-state index in [1.165, 1.54) is 31.3 Å². The van der Waals surface area contributed by atoms with Gasteiger partial charge in [0.25, 0.3) is 5.91 Å². The van der Waals surface area contributed by atoms with E-state index in [1.807, 2.05) is 0 Å². The lowest BCUT2D eigenvalue weighted by Crippen LogP contribution is -2.37. The number of benzene rings is 2. The maximum Gasteiger partial charge on any atom is 0.339 e. The number of amides is 2. The first-order valence-corrected chi connectivity index (χ1v) is 8.92. The van der Waals surface area contributed by atoms with Gasteiger partial charge in [0, 0.05) is 29.7 Å². The van der Waals surface area contributed by atoms with E-state index in [9.17, 15) is 23.6 Å². The van der Waals surface area contributed by atoms with Gasteiger partial charge in [0.1, 0.15) is 5.82 Å². The van der Waals surface area contributed by atoms with Gasteiger partial charge in [0.2, 0.25) is 11.5 Å². The molecule has 30 heavy (non-hydrogen) atoms. The Morgan fingerprint density at radius 1 is 1.10 bits per heavy atom. The van der Waals surface area contributed by atoms with Gasteiger partial charge in [0.15, 0.2) is 6.61 Å². The minimum atomic E-state index is -0.824. The molecule has 2 amide bonds. The molecule has 0 aliphatic carbocycles. The number of pyridine rings is 1. The van der Waals surface area contributed by atoms with E-state index in [0.29, 0.717) is 16.6 Å². The van der Waals surface area contributed by atoms with Gasteiger partial charge in [0.05, 0.1) is 12.1 Å². The molecule has 0 radical (unpaired) electrons. The van der Waals surface area contributed by atoms with Gasteiger partial charge in [-0.1, -0.05) is 18.2 Å². The highest BCUT2D eigenvalue weighted by Crippen LogP contribution is 2.15. The van der Waals surface area contributed by atoms with Crippen molar-refractivity contribution in [3.8, 4) is 0 Å². The summed E-state index contributed by atoms with van der Waals surface area (Å²) in [4.78, 5) is 52.0. The van der Waals surface area contributed by atoms with Crippen LogP contribution in [0.15, 0.2) is 59.4 Å². The van der Waals surface area contributed by atoms with Gasteiger partial charge in [-0.2, -0.15) is 0 Å². The minimum Gasteiger partial charge on any atom is -0.452 e. The Hall–Kier alpha value is -4.01. The average Bonchev–Trinajstić information content (AvgIpc) is 2.72. The van der Waals surface area contributed by atoms with Crippen molar-refractivity contribution >= 4 is 34.4 Å². The van der Waals surface area contributed by atoms with Gasteiger partial charge in [-0.25, -0.2) is 9.18 Å². The third-order valence-corrected chi connectivity index (χ3v) is 4.23. The van der Waals surface area contributed by atoms with Crippen molar-refractivity contribution in [1.82, 2.24) is 9.88 Å². The number of aromatic amines is 1. The minimum absolute atomic E-state index is 0.0406. The van der Waals surface area contributed by atoms with Crippen molar-refractivity contribution in [3.05, 3.63) is 76.3 Å². The number of nitrogens with zero attached hydrogens (tertiary/aromatic N) is 1. The second kappa shape index (κ2) is 8.99. The fraction of sp³-hybridized carbons (Fsp3) is 0.143. The molecule has 1 aromatic heterocycles. The summed E-state index contributed by atoms with van der Waals surface area (Å²) in [5.74, 6) is -2.36. The van der Waals surface area contributed by atoms with Crippen LogP contribution in [0.2, 0.25) is 0 Å². The van der Waals surface area contributed by atoms with Crippen molar-refractivity contribution in [2.75, 3.05) is 25.5 Å². The number of esters is 1. The fourth-order valence-electron chi connectivity index (χ4n) is 2.73. The summed E-state index contributed by atoms with van der Waals surface area (Å²) in [7, 11) is 1.38. The second-order valence-corrected chi connectivity index (χ2v) is 6.47. The standard InChI is InChI=1S/C21H18FN3O5/c1-25(11-19(27)23-14-8-6-13(22)7-9-14)20(28)12-30-21(29)16-10-18(26)24-17-5-3-2-4-15(16)17/h2-10H,11-12H2,1H3,(H,23,27)(H,24,26). The number of ether oxygens (including phenoxy) is 1. The zero-order chi connectivity index (χ0) is 21.7. The SMILES string of the molecule is CN(CC(=O)Nc1ccc(F)cc1)C(=O)COC(=O)c1cc(=O)[nH]c2ccccc12. The number of H-pyrrole nitrogens is 1. The number of para-hydroxylation sites is 1. The Bertz CT molecular complexity index is 1160. The van der Waals surface area contributed by atoms with E-state index >= 15 is 0 Å². The zero-order valence-electron chi connectivity index (χ0n) is 16.0. The molecule has 3 rings (SSSR count). The van der Waals surface area contributed by atoms with E-state index in [-0.39, 0.29) is 12.1 Å². The number of carbonyl (C=O) groups excluding carboxylic acids is 3. The van der Waals surface area contributed by atoms with Crippen LogP contribution in [0.5, 0.6) is 0 Å². The quantitative estimate of drug-likeness (QED) is 0.603. The van der Waals surface area contributed by atoms with Crippen molar-refractivity contribution in [2.24, 2.45) is 0 Å². The normalized spacial score (nSPS) is 10.5. The molecule has 0 spiro atoms. The van der Waals surface area contributed by atoms with Crippen molar-refractivity contribution in [1.29, 1.82) is 0 Å². The predicted molar refractivity (Wildman–Crippen MR) is 108 cm³/mol. The molecular weight excluding hydrogens is 393 g/mol. The molecule has 0 fully saturated rings. The van der Waals surface area contributed by atoms with E-state index < -0.39 is 35.8 Å². The lowest BCUT2D eigenvalue weighted by atomic mass is 10.1. The Morgan fingerprint density at radius 2 is 1.80 bits per heavy atom. The Labute approximate surface area is 170 Å². The molecule has 0 saturated heterocycles. The molecule has 0 saturated carbocycles. The van der Waals surface area contributed by atoms with Gasteiger partial charge in [-0.05, 0) is 30.3 Å². The highest BCUT2D eigenvalue weighted by atomic mass is 19.1. The number of fused-ring (bicyclic) bond motifs is 1. The summed E-state index contributed by atoms with van der Waals surface area (Å²) in [5, 5.41) is 3.01. The summed E-state index contributed by atoms with van der Waals surface area (Å²) in [6.45, 7) is -0.887. The van der Waals surface area contributed by atoms with Crippen LogP contribution in [0, 0.1) is 5.82 Å². The highest BCUT2D eigenvalue weighted by Gasteiger charge is 2.18. The van der Waals surface area contributed by atoms with Crippen LogP contribution in [0.4, 0.5) is 10.1 Å². The van der Waals surface area contributed by atoms with Crippen LogP contribution in [0.3, 0.4) is 0 Å². The molecule has 3 aromatic rings. The maximum absolute atomic E-state index is 12.9. The molecular formula is C21H18FN3O5. The van der Waals surface area contributed by atoms with Gasteiger partial charge < -0.3 is 19.9 Å². The number of halogens is 1. The smallest absolute Gasteiger partial charge is 0.339 e. The number of likely N-dealkylation sites (N-methyl/N-ethyl adjacent to an activating group) is 1. The largest absolute Gasteiger partial charge is 0.452 e. The van der Waals surface area contributed by atoms with Crippen LogP contribution in [0.25, 0.3) is 10.9 Å². The molecule has 154 valence electrons. The fourth-order valence-corrected chi connectivity index (χ4v) is 2.73. The van der Waals surface area contributed by atoms with E-state index in [2.05, 4.69) is 10.3 Å². The molecule has 0 aliphatic heterocycles. The third kappa shape index (κ3) is 5.07. The Morgan fingerprint density at radius 3 is 2.53 bits per heavy atom. The average molecular weight is 411 g/mol. The lowest BCUT2D eigenvalue weighted by Gasteiger charge is -2.17. The molecule has 8 nitrogen and oxygen atoms in total. The zero-order valence-corrected chi connectivity index (χ0v) is 16.0. The molecule has 0 aliphatic rings. The monoisotopic (exact) mass is 411 g/mol. The molecule has 9 heteroatoms. The number of hydrogen-bond donors (Lipinski definition) is 2. The summed E-state index contributed by atoms with van der Waals surface area (Å²) in [5.41, 5.74) is 0.424. The number of aromatic nitrogens is 1. The van der Waals surface area contributed by atoms with Crippen LogP contribution in [-0.2, 0) is 14.3 Å². The first-order valence-electron chi connectivity index (χ1n) is 8.92. The number of rotatable bonds is 6. The second-order valence-electron chi connectivity index (χ2n) is 6.47. The third-order valence-electron chi connectivity index (χ3n) is 4.23. The van der Waals surface area contributed by atoms with Gasteiger partial charge in [-0.15, -0.1) is 0 Å². The Kier molecular flexibility index (Phi) is 6.21. The molecule has 0 unspecified atom stereocenters. The van der Waals surface area contributed by atoms with Crippen LogP contribution in [-0.4, -0.2) is 47.9 Å². The molecule has 0 atom stereocenters. The van der Waals surface area contributed by atoms with E-state index in [1.54, 1.807) is 24.3 Å². The summed E-state index contributed by atoms with van der Waals surface area (Å²) >= 11 is 0. The van der Waals surface area contributed by atoms with Gasteiger partial charge >= 0.3 is 5.97 Å². The highest BCUT2D eigenvalue weighted by molar-refractivity contribution is 6.03. The topological polar surface area (TPSA) is 109 Å². The first-order chi connectivity index (χ1) is 14.3. The number of anilines is 1. The molecule has 2 N–H and O–H groups in total. The van der Waals surface area contributed by atoms with Crippen molar-refractivity contribution < 1.29 is 23.5 Å². The first kappa shape index (κ1) is 20.7. The summed E-state index contributed by atoms with van der Waals surface area (Å²) in [6.07, 6.45) is 0. The van der Waals surface area contributed by atoms with Crippen molar-refractivity contribution in [2.45, 2.75) is 0 Å². The molecule has 0 bridgehead atoms. The summed E-state index contributed by atoms with van der Waals surface area (Å²) in [6, 6.07) is 13.0. The molecule has 1 heterocycles. The summed E-state index contributed by atoms with van der Waals surface area (Å²) < 4.78 is 17.9. The Balaban J connectivity index is 1.57. The molecule has 2 aromatic carbocycles. The van der Waals surface area contributed by atoms with Crippen LogP contribution in [0.1, 0.15) is 10.4 Å². The number of nitrogens with one attached hydrogen (secondary N) is 2. The van der Waals surface area contributed by atoms with Crippen LogP contribution < -0.4 is 10.9 Å². The lowest BCUT2D eigenvalue weighted by molar-refractivity contribution is -0.136. The van der Waals surface area contributed by atoms with Crippen LogP contribution >= 0.6 is 0 Å². The van der Waals surface area contributed by atoms with E-state index in [0.717, 1.165) is 11.0 Å². The van der Waals surface area contributed by atoms with E-state index in [4.69, 9.17) is 4.74 Å². The van der Waals surface area contributed by atoms with Crippen molar-refractivity contribution in [3.63, 3.8) is 0 Å².